The van der Waals surface area contributed by atoms with Gasteiger partial charge in [-0.3, -0.25) is 0 Å². The molecule has 1 aliphatic rings. The lowest BCUT2D eigenvalue weighted by atomic mass is 10.4. The average Bonchev–Trinajstić information content (AvgIpc) is 3.19. The fourth-order valence-corrected chi connectivity index (χ4v) is 1.60. The lowest BCUT2D eigenvalue weighted by molar-refractivity contribution is 0.124. The molecule has 18 heavy (non-hydrogen) atoms. The smallest absolute Gasteiger partial charge is 0.242 e. The molecular formula is C12H20N4O2. The Morgan fingerprint density at radius 2 is 2.28 bits per heavy atom. The van der Waals surface area contributed by atoms with E-state index in [9.17, 15) is 0 Å². The van der Waals surface area contributed by atoms with E-state index >= 15 is 0 Å². The van der Waals surface area contributed by atoms with Gasteiger partial charge in [0.25, 0.3) is 0 Å². The predicted molar refractivity (Wildman–Crippen MR) is 69.6 cm³/mol. The van der Waals surface area contributed by atoms with Crippen LogP contribution in [0.1, 0.15) is 19.3 Å². The van der Waals surface area contributed by atoms with Crippen LogP contribution in [-0.2, 0) is 4.74 Å². The summed E-state index contributed by atoms with van der Waals surface area (Å²) in [6.07, 6.45) is 5.02. The first-order chi connectivity index (χ1) is 8.81. The third-order valence-corrected chi connectivity index (χ3v) is 2.85. The molecule has 0 saturated heterocycles. The van der Waals surface area contributed by atoms with Crippen LogP contribution >= 0.6 is 0 Å². The summed E-state index contributed by atoms with van der Waals surface area (Å²) in [7, 11) is 1.54. The van der Waals surface area contributed by atoms with Gasteiger partial charge < -0.3 is 20.5 Å². The highest BCUT2D eigenvalue weighted by molar-refractivity contribution is 5.66. The Morgan fingerprint density at radius 1 is 1.44 bits per heavy atom. The highest BCUT2D eigenvalue weighted by Gasteiger charge is 2.20. The molecule has 0 radical (unpaired) electrons. The van der Waals surface area contributed by atoms with Gasteiger partial charge >= 0.3 is 0 Å². The number of hydrogen-bond acceptors (Lipinski definition) is 6. The third-order valence-electron chi connectivity index (χ3n) is 2.85. The lowest BCUT2D eigenvalue weighted by Crippen LogP contribution is -2.10. The monoisotopic (exact) mass is 252 g/mol. The molecule has 0 unspecified atom stereocenters. The quantitative estimate of drug-likeness (QED) is 0.678. The number of anilines is 2. The third kappa shape index (κ3) is 3.73. The van der Waals surface area contributed by atoms with Crippen molar-refractivity contribution in [1.82, 2.24) is 9.97 Å². The Balaban J connectivity index is 1.65. The molecule has 0 aliphatic heterocycles. The lowest BCUT2D eigenvalue weighted by Gasteiger charge is -2.10. The van der Waals surface area contributed by atoms with Gasteiger partial charge in [0.15, 0.2) is 5.82 Å². The van der Waals surface area contributed by atoms with E-state index in [4.69, 9.17) is 15.2 Å². The van der Waals surface area contributed by atoms with Crippen LogP contribution in [0.5, 0.6) is 5.88 Å². The van der Waals surface area contributed by atoms with Crippen LogP contribution in [0.15, 0.2) is 6.33 Å². The summed E-state index contributed by atoms with van der Waals surface area (Å²) in [4.78, 5) is 7.99. The summed E-state index contributed by atoms with van der Waals surface area (Å²) in [5.41, 5.74) is 6.28. The SMILES string of the molecule is COc1ncnc(NCCCOCC2CC2)c1N. The summed E-state index contributed by atoms with van der Waals surface area (Å²) in [6, 6.07) is 0. The number of rotatable bonds is 8. The second-order valence-corrected chi connectivity index (χ2v) is 4.44. The molecule has 0 amide bonds. The minimum atomic E-state index is 0.400. The second kappa shape index (κ2) is 6.39. The normalized spacial score (nSPS) is 14.5. The van der Waals surface area contributed by atoms with Crippen LogP contribution < -0.4 is 15.8 Å². The summed E-state index contributed by atoms with van der Waals surface area (Å²) < 4.78 is 10.6. The first kappa shape index (κ1) is 12.9. The van der Waals surface area contributed by atoms with Gasteiger partial charge in [0.2, 0.25) is 5.88 Å². The maximum atomic E-state index is 5.84. The van der Waals surface area contributed by atoms with Gasteiger partial charge in [0.05, 0.1) is 7.11 Å². The molecule has 1 fully saturated rings. The standard InChI is InChI=1S/C12H20N4O2/c1-17-12-10(13)11(15-8-16-12)14-5-2-6-18-7-9-3-4-9/h8-9H,2-7,13H2,1H3,(H,14,15,16). The van der Waals surface area contributed by atoms with Gasteiger partial charge in [-0.1, -0.05) is 0 Å². The largest absolute Gasteiger partial charge is 0.479 e. The summed E-state index contributed by atoms with van der Waals surface area (Å²) in [5.74, 6) is 1.83. The van der Waals surface area contributed by atoms with Gasteiger partial charge in [0, 0.05) is 19.8 Å². The van der Waals surface area contributed by atoms with E-state index in [1.807, 2.05) is 0 Å². The van der Waals surface area contributed by atoms with E-state index in [2.05, 4.69) is 15.3 Å². The zero-order valence-corrected chi connectivity index (χ0v) is 10.7. The van der Waals surface area contributed by atoms with Crippen LogP contribution in [0.2, 0.25) is 0 Å². The molecule has 1 aliphatic carbocycles. The summed E-state index contributed by atoms with van der Waals surface area (Å²) >= 11 is 0. The van der Waals surface area contributed by atoms with Crippen molar-refractivity contribution in [2.75, 3.05) is 37.9 Å². The second-order valence-electron chi connectivity index (χ2n) is 4.44. The molecular weight excluding hydrogens is 232 g/mol. The van der Waals surface area contributed by atoms with Gasteiger partial charge in [-0.25, -0.2) is 4.98 Å². The number of nitrogens with two attached hydrogens (primary N) is 1. The molecule has 1 heterocycles. The van der Waals surface area contributed by atoms with Crippen LogP contribution in [0.25, 0.3) is 0 Å². The minimum Gasteiger partial charge on any atom is -0.479 e. The van der Waals surface area contributed by atoms with Crippen molar-refractivity contribution in [3.63, 3.8) is 0 Å². The van der Waals surface area contributed by atoms with Crippen LogP contribution in [0, 0.1) is 5.92 Å². The highest BCUT2D eigenvalue weighted by atomic mass is 16.5. The highest BCUT2D eigenvalue weighted by Crippen LogP contribution is 2.28. The Kier molecular flexibility index (Phi) is 4.58. The number of aromatic nitrogens is 2. The number of methoxy groups -OCH3 is 1. The Hall–Kier alpha value is -1.56. The first-order valence-electron chi connectivity index (χ1n) is 6.27. The molecule has 100 valence electrons. The van der Waals surface area contributed by atoms with Crippen LogP contribution in [-0.4, -0.2) is 36.8 Å². The number of hydrogen-bond donors (Lipinski definition) is 2. The van der Waals surface area contributed by atoms with Crippen molar-refractivity contribution in [3.8, 4) is 5.88 Å². The maximum absolute atomic E-state index is 5.84. The number of nitrogen functional groups attached to an aromatic ring is 1. The van der Waals surface area contributed by atoms with Gasteiger partial charge in [-0.15, -0.1) is 0 Å². The number of ether oxygens (including phenoxy) is 2. The zero-order valence-electron chi connectivity index (χ0n) is 10.7. The molecule has 0 aromatic carbocycles. The molecule has 3 N–H and O–H groups in total. The topological polar surface area (TPSA) is 82.3 Å². The zero-order chi connectivity index (χ0) is 12.8. The van der Waals surface area contributed by atoms with E-state index in [0.717, 1.165) is 32.1 Å². The minimum absolute atomic E-state index is 0.400. The molecule has 6 nitrogen and oxygen atoms in total. The van der Waals surface area contributed by atoms with Crippen molar-refractivity contribution >= 4 is 11.5 Å². The molecule has 0 atom stereocenters. The molecule has 1 aromatic rings. The van der Waals surface area contributed by atoms with Gasteiger partial charge in [0.1, 0.15) is 12.0 Å². The molecule has 2 rings (SSSR count). The van der Waals surface area contributed by atoms with Crippen molar-refractivity contribution in [2.45, 2.75) is 19.3 Å². The summed E-state index contributed by atoms with van der Waals surface area (Å²) in [6.45, 7) is 2.45. The van der Waals surface area contributed by atoms with Gasteiger partial charge in [-0.2, -0.15) is 4.98 Å². The van der Waals surface area contributed by atoms with E-state index in [-0.39, 0.29) is 0 Å². The molecule has 0 bridgehead atoms. The van der Waals surface area contributed by atoms with E-state index < -0.39 is 0 Å². The number of nitrogens with one attached hydrogen (secondary N) is 1. The van der Waals surface area contributed by atoms with Crippen LogP contribution in [0.4, 0.5) is 11.5 Å². The van der Waals surface area contributed by atoms with E-state index in [1.54, 1.807) is 0 Å². The molecule has 1 aromatic heterocycles. The average molecular weight is 252 g/mol. The van der Waals surface area contributed by atoms with Crippen molar-refractivity contribution in [3.05, 3.63) is 6.33 Å². The van der Waals surface area contributed by atoms with Crippen molar-refractivity contribution in [2.24, 2.45) is 5.92 Å². The molecule has 1 saturated carbocycles. The molecule has 0 spiro atoms. The van der Waals surface area contributed by atoms with Crippen molar-refractivity contribution < 1.29 is 9.47 Å². The van der Waals surface area contributed by atoms with Crippen LogP contribution in [0.3, 0.4) is 0 Å². The van der Waals surface area contributed by atoms with Gasteiger partial charge in [-0.05, 0) is 25.2 Å². The first-order valence-corrected chi connectivity index (χ1v) is 6.27. The molecule has 6 heteroatoms. The summed E-state index contributed by atoms with van der Waals surface area (Å²) in [5, 5.41) is 3.16. The number of nitrogens with zero attached hydrogens (tertiary/aromatic N) is 2. The maximum Gasteiger partial charge on any atom is 0.242 e. The Labute approximate surface area is 107 Å². The van der Waals surface area contributed by atoms with Crippen molar-refractivity contribution in [1.29, 1.82) is 0 Å². The fraction of sp³-hybridized carbons (Fsp3) is 0.667. The predicted octanol–water partition coefficient (Wildman–Crippen LogP) is 1.30. The van der Waals surface area contributed by atoms with E-state index in [1.165, 1.54) is 26.3 Å². The Bertz CT molecular complexity index is 382. The van der Waals surface area contributed by atoms with E-state index in [0.29, 0.717) is 17.4 Å². The Morgan fingerprint density at radius 3 is 3.00 bits per heavy atom. The fourth-order valence-electron chi connectivity index (χ4n) is 1.60.